The molecule has 1 aliphatic rings. The number of halogens is 3. The first-order valence-electron chi connectivity index (χ1n) is 6.93. The second-order valence-corrected chi connectivity index (χ2v) is 8.67. The van der Waals surface area contributed by atoms with Crippen LogP contribution in [0.25, 0.3) is 0 Å². The Morgan fingerprint density at radius 1 is 1.30 bits per heavy atom. The number of thioether (sulfide) groups is 1. The predicted molar refractivity (Wildman–Crippen MR) is 83.2 cm³/mol. The summed E-state index contributed by atoms with van der Waals surface area (Å²) >= 11 is 0.603. The van der Waals surface area contributed by atoms with Crippen molar-refractivity contribution in [3.8, 4) is 0 Å². The molecular weight excluding hydrogens is 351 g/mol. The van der Waals surface area contributed by atoms with Crippen molar-refractivity contribution in [3.05, 3.63) is 24.3 Å². The standard InChI is InChI=1S/C14H16F3NO3S2/c15-14(16,17)9-22-12-4-2-1-3-11(12)18-13(19)7-10-5-6-23(20,21)8-10/h1-4,10H,5-9H2,(H,18,19). The molecular formula is C14H16F3NO3S2. The molecule has 9 heteroatoms. The van der Waals surface area contributed by atoms with Gasteiger partial charge in [-0.1, -0.05) is 12.1 Å². The molecule has 0 spiro atoms. The fourth-order valence-electron chi connectivity index (χ4n) is 2.35. The Hall–Kier alpha value is -1.22. The molecule has 1 saturated heterocycles. The Balaban J connectivity index is 1.95. The molecule has 4 nitrogen and oxygen atoms in total. The Labute approximate surface area is 136 Å². The van der Waals surface area contributed by atoms with Crippen LogP contribution in [0.5, 0.6) is 0 Å². The van der Waals surface area contributed by atoms with Crippen LogP contribution < -0.4 is 5.32 Å². The molecule has 0 bridgehead atoms. The Morgan fingerprint density at radius 3 is 2.61 bits per heavy atom. The highest BCUT2D eigenvalue weighted by atomic mass is 32.2. The summed E-state index contributed by atoms with van der Waals surface area (Å²) in [6.45, 7) is 0. The minimum Gasteiger partial charge on any atom is -0.325 e. The molecule has 2 rings (SSSR count). The number of sulfone groups is 1. The van der Waals surface area contributed by atoms with E-state index in [2.05, 4.69) is 5.32 Å². The molecule has 23 heavy (non-hydrogen) atoms. The number of amides is 1. The van der Waals surface area contributed by atoms with Gasteiger partial charge in [0, 0.05) is 11.3 Å². The fourth-order valence-corrected chi connectivity index (χ4v) is 4.98. The van der Waals surface area contributed by atoms with Gasteiger partial charge in [0.05, 0.1) is 22.9 Å². The van der Waals surface area contributed by atoms with Gasteiger partial charge in [-0.3, -0.25) is 4.79 Å². The van der Waals surface area contributed by atoms with Gasteiger partial charge in [-0.25, -0.2) is 8.42 Å². The summed E-state index contributed by atoms with van der Waals surface area (Å²) in [7, 11) is -3.06. The highest BCUT2D eigenvalue weighted by Crippen LogP contribution is 2.32. The second kappa shape index (κ2) is 7.12. The van der Waals surface area contributed by atoms with Crippen LogP contribution in [-0.2, 0) is 14.6 Å². The van der Waals surface area contributed by atoms with E-state index in [0.717, 1.165) is 0 Å². The summed E-state index contributed by atoms with van der Waals surface area (Å²) in [5, 5.41) is 2.58. The smallest absolute Gasteiger partial charge is 0.325 e. The van der Waals surface area contributed by atoms with Gasteiger partial charge in [0.1, 0.15) is 0 Å². The quantitative estimate of drug-likeness (QED) is 0.813. The van der Waals surface area contributed by atoms with Gasteiger partial charge < -0.3 is 5.32 Å². The molecule has 0 radical (unpaired) electrons. The number of para-hydroxylation sites is 1. The Morgan fingerprint density at radius 2 is 2.00 bits per heavy atom. The maximum absolute atomic E-state index is 12.3. The van der Waals surface area contributed by atoms with Gasteiger partial charge in [0.25, 0.3) is 0 Å². The van der Waals surface area contributed by atoms with Crippen LogP contribution in [0.1, 0.15) is 12.8 Å². The molecule has 1 aromatic rings. The van der Waals surface area contributed by atoms with Crippen molar-refractivity contribution in [2.75, 3.05) is 22.6 Å². The van der Waals surface area contributed by atoms with Crippen molar-refractivity contribution in [2.24, 2.45) is 5.92 Å². The van der Waals surface area contributed by atoms with Crippen LogP contribution in [0, 0.1) is 5.92 Å². The number of carbonyl (C=O) groups is 1. The van der Waals surface area contributed by atoms with Crippen LogP contribution in [0.3, 0.4) is 0 Å². The molecule has 1 atom stereocenters. The lowest BCUT2D eigenvalue weighted by Gasteiger charge is -2.13. The summed E-state index contributed by atoms with van der Waals surface area (Å²) in [5.41, 5.74) is 0.313. The minimum atomic E-state index is -4.29. The summed E-state index contributed by atoms with van der Waals surface area (Å²) in [6, 6.07) is 6.25. The van der Waals surface area contributed by atoms with E-state index in [0.29, 0.717) is 28.8 Å². The zero-order chi connectivity index (χ0) is 17.1. The number of carbonyl (C=O) groups excluding carboxylic acids is 1. The number of alkyl halides is 3. The van der Waals surface area contributed by atoms with E-state index in [1.165, 1.54) is 12.1 Å². The highest BCUT2D eigenvalue weighted by Gasteiger charge is 2.30. The second-order valence-electron chi connectivity index (χ2n) is 5.42. The first-order chi connectivity index (χ1) is 10.6. The number of hydrogen-bond donors (Lipinski definition) is 1. The van der Waals surface area contributed by atoms with Gasteiger partial charge in [-0.05, 0) is 24.5 Å². The average Bonchev–Trinajstić information content (AvgIpc) is 2.76. The van der Waals surface area contributed by atoms with Gasteiger partial charge in [0.2, 0.25) is 5.91 Å². The summed E-state index contributed by atoms with van der Waals surface area (Å²) in [6.07, 6.45) is -3.79. The number of benzene rings is 1. The molecule has 1 amide bonds. The lowest BCUT2D eigenvalue weighted by molar-refractivity contribution is -0.117. The molecule has 1 fully saturated rings. The highest BCUT2D eigenvalue weighted by molar-refractivity contribution is 7.99. The van der Waals surface area contributed by atoms with Gasteiger partial charge >= 0.3 is 6.18 Å². The lowest BCUT2D eigenvalue weighted by Crippen LogP contribution is -2.18. The van der Waals surface area contributed by atoms with Crippen molar-refractivity contribution < 1.29 is 26.4 Å². The summed E-state index contributed by atoms with van der Waals surface area (Å²) < 4.78 is 59.7. The Bertz CT molecular complexity index is 674. The summed E-state index contributed by atoms with van der Waals surface area (Å²) in [5.74, 6) is -1.57. The van der Waals surface area contributed by atoms with Crippen LogP contribution in [0.2, 0.25) is 0 Å². The first kappa shape index (κ1) is 18.1. The summed E-state index contributed by atoms with van der Waals surface area (Å²) in [4.78, 5) is 12.3. The molecule has 0 saturated carbocycles. The van der Waals surface area contributed by atoms with Crippen LogP contribution in [0.15, 0.2) is 29.2 Å². The van der Waals surface area contributed by atoms with E-state index < -0.39 is 21.8 Å². The van der Waals surface area contributed by atoms with E-state index in [1.54, 1.807) is 12.1 Å². The number of hydrogen-bond acceptors (Lipinski definition) is 4. The van der Waals surface area contributed by atoms with Crippen LogP contribution in [0.4, 0.5) is 18.9 Å². The van der Waals surface area contributed by atoms with Gasteiger partial charge in [0.15, 0.2) is 9.84 Å². The van der Waals surface area contributed by atoms with Gasteiger partial charge in [-0.2, -0.15) is 13.2 Å². The SMILES string of the molecule is O=C(CC1CCS(=O)(=O)C1)Nc1ccccc1SCC(F)(F)F. The topological polar surface area (TPSA) is 63.2 Å². The van der Waals surface area contributed by atoms with Crippen molar-refractivity contribution in [1.29, 1.82) is 0 Å². The third-order valence-electron chi connectivity index (χ3n) is 3.35. The van der Waals surface area contributed by atoms with Crippen molar-refractivity contribution in [1.82, 2.24) is 0 Å². The van der Waals surface area contributed by atoms with Crippen molar-refractivity contribution in [2.45, 2.75) is 23.9 Å². The zero-order valence-corrected chi connectivity index (χ0v) is 13.7. The molecule has 1 aromatic carbocycles. The van der Waals surface area contributed by atoms with E-state index in [1.807, 2.05) is 0 Å². The van der Waals surface area contributed by atoms with Gasteiger partial charge in [-0.15, -0.1) is 11.8 Å². The molecule has 1 aliphatic heterocycles. The monoisotopic (exact) mass is 367 g/mol. The van der Waals surface area contributed by atoms with Crippen LogP contribution in [-0.4, -0.2) is 37.8 Å². The number of rotatable bonds is 5. The zero-order valence-electron chi connectivity index (χ0n) is 12.1. The third-order valence-corrected chi connectivity index (χ3v) is 6.33. The maximum Gasteiger partial charge on any atom is 0.398 e. The molecule has 0 aromatic heterocycles. The first-order valence-corrected chi connectivity index (χ1v) is 9.74. The predicted octanol–water partition coefficient (Wildman–Crippen LogP) is 3.10. The lowest BCUT2D eigenvalue weighted by atomic mass is 10.1. The molecule has 0 aliphatic carbocycles. The molecule has 128 valence electrons. The number of nitrogens with one attached hydrogen (secondary N) is 1. The fraction of sp³-hybridized carbons (Fsp3) is 0.500. The minimum absolute atomic E-state index is 0.00904. The van der Waals surface area contributed by atoms with E-state index >= 15 is 0 Å². The normalized spacial score (nSPS) is 20.4. The largest absolute Gasteiger partial charge is 0.398 e. The molecule has 1 N–H and O–H groups in total. The van der Waals surface area contributed by atoms with E-state index in [4.69, 9.17) is 0 Å². The Kier molecular flexibility index (Phi) is 5.61. The number of anilines is 1. The van der Waals surface area contributed by atoms with Crippen LogP contribution >= 0.6 is 11.8 Å². The van der Waals surface area contributed by atoms with Crippen molar-refractivity contribution >= 4 is 33.2 Å². The van der Waals surface area contributed by atoms with E-state index in [-0.39, 0.29) is 29.8 Å². The van der Waals surface area contributed by atoms with Crippen molar-refractivity contribution in [3.63, 3.8) is 0 Å². The molecule has 1 unspecified atom stereocenters. The molecule has 1 heterocycles. The third kappa shape index (κ3) is 6.06. The maximum atomic E-state index is 12.3. The van der Waals surface area contributed by atoms with E-state index in [9.17, 15) is 26.4 Å². The average molecular weight is 367 g/mol.